The van der Waals surface area contributed by atoms with Crippen LogP contribution in [0.25, 0.3) is 0 Å². The number of nitrogens with zero attached hydrogens (tertiary/aromatic N) is 5. The molecule has 1 fully saturated rings. The fourth-order valence-corrected chi connectivity index (χ4v) is 4.67. The van der Waals surface area contributed by atoms with Crippen molar-refractivity contribution < 1.29 is 9.53 Å². The monoisotopic (exact) mass is 434 g/mol. The van der Waals surface area contributed by atoms with Crippen LogP contribution in [-0.2, 0) is 26.6 Å². The molecule has 1 aliphatic heterocycles. The standard InChI is InChI=1S/C24H30N6O2/c1-4-32-22-13-18(27-28(22)3)15-29-9-7-19-20(17-5-6-17)11-16(12-21(19)23(29)31)14-30-10-8-26-24(30)25-2/h8,10-13,17H,4-7,9,14-15H2,1-3H3,(H,25,26). The SMILES string of the molecule is CCOc1cc(CN2CCc3c(cc(Cn4ccnc4NC)cc3C3CC3)C2=O)nn1C. The van der Waals surface area contributed by atoms with Crippen molar-refractivity contribution in [3.05, 3.63) is 58.5 Å². The van der Waals surface area contributed by atoms with Crippen LogP contribution in [0.3, 0.4) is 0 Å². The summed E-state index contributed by atoms with van der Waals surface area (Å²) < 4.78 is 9.41. The van der Waals surface area contributed by atoms with Crippen molar-refractivity contribution in [2.24, 2.45) is 7.05 Å². The first kappa shape index (κ1) is 20.6. The van der Waals surface area contributed by atoms with Crippen molar-refractivity contribution in [1.29, 1.82) is 0 Å². The lowest BCUT2D eigenvalue weighted by Gasteiger charge is -2.30. The summed E-state index contributed by atoms with van der Waals surface area (Å²) in [6, 6.07) is 6.32. The summed E-state index contributed by atoms with van der Waals surface area (Å²) in [7, 11) is 3.74. The van der Waals surface area contributed by atoms with Gasteiger partial charge in [0.2, 0.25) is 11.8 Å². The van der Waals surface area contributed by atoms with Gasteiger partial charge in [-0.3, -0.25) is 4.79 Å². The maximum absolute atomic E-state index is 13.5. The van der Waals surface area contributed by atoms with Crippen LogP contribution in [-0.4, -0.2) is 50.3 Å². The van der Waals surface area contributed by atoms with E-state index in [-0.39, 0.29) is 5.91 Å². The number of carbonyl (C=O) groups excluding carboxylic acids is 1. The van der Waals surface area contributed by atoms with E-state index in [4.69, 9.17) is 4.74 Å². The zero-order valence-electron chi connectivity index (χ0n) is 19.0. The molecule has 8 nitrogen and oxygen atoms in total. The molecular formula is C24H30N6O2. The molecule has 2 aromatic heterocycles. The number of aromatic nitrogens is 4. The van der Waals surface area contributed by atoms with Gasteiger partial charge < -0.3 is 19.5 Å². The molecule has 2 aliphatic rings. The van der Waals surface area contributed by atoms with E-state index in [9.17, 15) is 4.79 Å². The third-order valence-electron chi connectivity index (χ3n) is 6.34. The molecule has 32 heavy (non-hydrogen) atoms. The van der Waals surface area contributed by atoms with Gasteiger partial charge in [0, 0.05) is 44.7 Å². The van der Waals surface area contributed by atoms with Crippen LogP contribution >= 0.6 is 0 Å². The normalized spacial score (nSPS) is 15.7. The highest BCUT2D eigenvalue weighted by Crippen LogP contribution is 2.44. The minimum atomic E-state index is 0.0954. The number of nitrogens with one attached hydrogen (secondary N) is 1. The molecule has 0 saturated heterocycles. The van der Waals surface area contributed by atoms with Gasteiger partial charge in [-0.1, -0.05) is 6.07 Å². The smallest absolute Gasteiger partial charge is 0.254 e. The number of hydrogen-bond acceptors (Lipinski definition) is 5. The highest BCUT2D eigenvalue weighted by molar-refractivity contribution is 5.97. The lowest BCUT2D eigenvalue weighted by atomic mass is 9.89. The number of imidazole rings is 1. The zero-order valence-corrected chi connectivity index (χ0v) is 19.0. The van der Waals surface area contributed by atoms with E-state index in [1.54, 1.807) is 10.9 Å². The van der Waals surface area contributed by atoms with Crippen molar-refractivity contribution in [2.75, 3.05) is 25.5 Å². The Hall–Kier alpha value is -3.29. The van der Waals surface area contributed by atoms with Gasteiger partial charge in [-0.2, -0.15) is 5.10 Å². The highest BCUT2D eigenvalue weighted by Gasteiger charge is 2.33. The summed E-state index contributed by atoms with van der Waals surface area (Å²) in [5.74, 6) is 2.24. The molecule has 1 aromatic carbocycles. The van der Waals surface area contributed by atoms with E-state index in [0.717, 1.165) is 41.6 Å². The van der Waals surface area contributed by atoms with Gasteiger partial charge in [0.15, 0.2) is 0 Å². The maximum Gasteiger partial charge on any atom is 0.254 e. The first-order valence-corrected chi connectivity index (χ1v) is 11.4. The molecule has 5 rings (SSSR count). The maximum atomic E-state index is 13.5. The van der Waals surface area contributed by atoms with E-state index in [2.05, 4.69) is 32.1 Å². The third kappa shape index (κ3) is 3.85. The number of anilines is 1. The summed E-state index contributed by atoms with van der Waals surface area (Å²) in [6.45, 7) is 4.45. The Bertz CT molecular complexity index is 1140. The average molecular weight is 435 g/mol. The second kappa shape index (κ2) is 8.33. The predicted octanol–water partition coefficient (Wildman–Crippen LogP) is 3.18. The lowest BCUT2D eigenvalue weighted by Crippen LogP contribution is -2.37. The fourth-order valence-electron chi connectivity index (χ4n) is 4.67. The number of fused-ring (bicyclic) bond motifs is 1. The molecule has 0 atom stereocenters. The number of benzene rings is 1. The van der Waals surface area contributed by atoms with Gasteiger partial charge in [-0.05, 0) is 54.9 Å². The van der Waals surface area contributed by atoms with Crippen molar-refractivity contribution in [2.45, 2.75) is 45.2 Å². The minimum absolute atomic E-state index is 0.0954. The first-order chi connectivity index (χ1) is 15.6. The topological polar surface area (TPSA) is 77.2 Å². The number of carbonyl (C=O) groups is 1. The Morgan fingerprint density at radius 3 is 2.81 bits per heavy atom. The summed E-state index contributed by atoms with van der Waals surface area (Å²) in [5, 5.41) is 7.66. The number of hydrogen-bond donors (Lipinski definition) is 1. The second-order valence-electron chi connectivity index (χ2n) is 8.62. The highest BCUT2D eigenvalue weighted by atomic mass is 16.5. The molecule has 1 saturated carbocycles. The van der Waals surface area contributed by atoms with E-state index >= 15 is 0 Å². The molecule has 168 valence electrons. The van der Waals surface area contributed by atoms with Crippen LogP contribution in [0.1, 0.15) is 58.4 Å². The average Bonchev–Trinajstić information content (AvgIpc) is 3.44. The molecule has 0 spiro atoms. The number of rotatable bonds is 8. The molecule has 1 amide bonds. The molecule has 3 aromatic rings. The summed E-state index contributed by atoms with van der Waals surface area (Å²) in [5.41, 5.74) is 5.46. The Kier molecular flexibility index (Phi) is 5.36. The number of ether oxygens (including phenoxy) is 1. The fraction of sp³-hybridized carbons (Fsp3) is 0.458. The largest absolute Gasteiger partial charge is 0.478 e. The molecule has 8 heteroatoms. The van der Waals surface area contributed by atoms with Crippen molar-refractivity contribution in [3.63, 3.8) is 0 Å². The first-order valence-electron chi connectivity index (χ1n) is 11.4. The van der Waals surface area contributed by atoms with E-state index in [0.29, 0.717) is 25.6 Å². The molecule has 1 N–H and O–H groups in total. The lowest BCUT2D eigenvalue weighted by molar-refractivity contribution is 0.0724. The van der Waals surface area contributed by atoms with Gasteiger partial charge in [-0.25, -0.2) is 9.67 Å². The van der Waals surface area contributed by atoms with E-state index in [1.165, 1.54) is 24.0 Å². The predicted molar refractivity (Wildman–Crippen MR) is 122 cm³/mol. The minimum Gasteiger partial charge on any atom is -0.478 e. The van der Waals surface area contributed by atoms with Crippen LogP contribution in [0.2, 0.25) is 0 Å². The number of aryl methyl sites for hydroxylation is 1. The Morgan fingerprint density at radius 1 is 1.22 bits per heavy atom. The molecule has 0 bridgehead atoms. The second-order valence-corrected chi connectivity index (χ2v) is 8.62. The van der Waals surface area contributed by atoms with Crippen molar-refractivity contribution in [3.8, 4) is 5.88 Å². The van der Waals surface area contributed by atoms with Gasteiger partial charge in [-0.15, -0.1) is 0 Å². The van der Waals surface area contributed by atoms with Gasteiger partial charge in [0.1, 0.15) is 0 Å². The van der Waals surface area contributed by atoms with Crippen molar-refractivity contribution >= 4 is 11.9 Å². The van der Waals surface area contributed by atoms with Gasteiger partial charge >= 0.3 is 0 Å². The molecule has 0 radical (unpaired) electrons. The summed E-state index contributed by atoms with van der Waals surface area (Å²) in [6.07, 6.45) is 7.09. The Balaban J connectivity index is 1.43. The van der Waals surface area contributed by atoms with Crippen LogP contribution in [0.15, 0.2) is 30.6 Å². The van der Waals surface area contributed by atoms with Gasteiger partial charge in [0.05, 0.1) is 25.4 Å². The third-order valence-corrected chi connectivity index (χ3v) is 6.34. The molecule has 3 heterocycles. The molecular weight excluding hydrogens is 404 g/mol. The number of amides is 1. The zero-order chi connectivity index (χ0) is 22.2. The van der Waals surface area contributed by atoms with E-state index < -0.39 is 0 Å². The Labute approximate surface area is 188 Å². The van der Waals surface area contributed by atoms with E-state index in [1.807, 2.05) is 38.2 Å². The van der Waals surface area contributed by atoms with Crippen LogP contribution in [0, 0.1) is 0 Å². The van der Waals surface area contributed by atoms with Gasteiger partial charge in [0.25, 0.3) is 5.91 Å². The summed E-state index contributed by atoms with van der Waals surface area (Å²) in [4.78, 5) is 19.8. The molecule has 1 aliphatic carbocycles. The van der Waals surface area contributed by atoms with Crippen LogP contribution in [0.4, 0.5) is 5.95 Å². The molecule has 0 unspecified atom stereocenters. The van der Waals surface area contributed by atoms with Crippen LogP contribution in [0.5, 0.6) is 5.88 Å². The summed E-state index contributed by atoms with van der Waals surface area (Å²) >= 11 is 0. The quantitative estimate of drug-likeness (QED) is 0.589. The van der Waals surface area contributed by atoms with Crippen LogP contribution < -0.4 is 10.1 Å². The Morgan fingerprint density at radius 2 is 2.06 bits per heavy atom. The van der Waals surface area contributed by atoms with Crippen molar-refractivity contribution in [1.82, 2.24) is 24.2 Å².